The van der Waals surface area contributed by atoms with E-state index in [4.69, 9.17) is 13.6 Å². The Hall–Kier alpha value is -3.89. The summed E-state index contributed by atoms with van der Waals surface area (Å²) >= 11 is 0. The molecule has 4 atom stereocenters. The highest BCUT2D eigenvalue weighted by atomic mass is 28.4. The number of carbonyl (C=O) groups is 2. The number of hydrogen-bond donors (Lipinski definition) is 0. The van der Waals surface area contributed by atoms with Crippen LogP contribution in [0.2, 0.25) is 10.1 Å². The minimum absolute atomic E-state index is 0.0246. The van der Waals surface area contributed by atoms with E-state index in [0.29, 0.717) is 25.2 Å². The third kappa shape index (κ3) is 6.66. The van der Waals surface area contributed by atoms with Crippen LogP contribution in [0.3, 0.4) is 0 Å². The predicted octanol–water partition coefficient (Wildman–Crippen LogP) is 6.69. The number of hydrogen-bond acceptors (Lipinski definition) is 5. The summed E-state index contributed by atoms with van der Waals surface area (Å²) in [5, 5.41) is 4.46. The van der Waals surface area contributed by atoms with Crippen molar-refractivity contribution in [2.75, 3.05) is 20.3 Å². The Kier molecular flexibility index (Phi) is 10.6. The van der Waals surface area contributed by atoms with E-state index in [9.17, 15) is 9.59 Å². The Balaban J connectivity index is 1.44. The zero-order valence-corrected chi connectivity index (χ0v) is 33.1. The maximum absolute atomic E-state index is 14.1. The second kappa shape index (κ2) is 14.6. The molecule has 7 heteroatoms. The van der Waals surface area contributed by atoms with Crippen LogP contribution in [0.15, 0.2) is 133 Å². The van der Waals surface area contributed by atoms with Gasteiger partial charge in [0, 0.05) is 30.8 Å². The number of methoxy groups -OCH3 is 1. The molecule has 4 aromatic rings. The zero-order chi connectivity index (χ0) is 36.4. The van der Waals surface area contributed by atoms with Crippen molar-refractivity contribution in [3.8, 4) is 0 Å². The average Bonchev–Trinajstić information content (AvgIpc) is 3.64. The molecule has 2 aliphatic carbocycles. The molecule has 2 aliphatic rings. The summed E-state index contributed by atoms with van der Waals surface area (Å²) in [5.74, 6) is -0.911. The Labute approximate surface area is 306 Å². The second-order valence-corrected chi connectivity index (χ2v) is 24.8. The minimum atomic E-state index is -2.87. The molecule has 0 amide bonds. The zero-order valence-electron chi connectivity index (χ0n) is 31.1. The van der Waals surface area contributed by atoms with Crippen LogP contribution < -0.4 is 20.7 Å². The predicted molar refractivity (Wildman–Crippen MR) is 211 cm³/mol. The van der Waals surface area contributed by atoms with Crippen molar-refractivity contribution in [3.63, 3.8) is 0 Å². The normalized spacial score (nSPS) is 21.6. The highest BCUT2D eigenvalue weighted by Gasteiger charge is 2.59. The number of ketones is 1. The molecule has 2 bridgehead atoms. The van der Waals surface area contributed by atoms with Crippen LogP contribution in [0.1, 0.15) is 48.0 Å². The lowest BCUT2D eigenvalue weighted by Crippen LogP contribution is -2.67. The molecule has 0 radical (unpaired) electrons. The molecule has 0 heterocycles. The van der Waals surface area contributed by atoms with Crippen LogP contribution >= 0.6 is 0 Å². The Bertz CT molecular complexity index is 1750. The number of rotatable bonds is 11. The molecule has 6 rings (SSSR count). The van der Waals surface area contributed by atoms with Gasteiger partial charge in [-0.15, -0.1) is 0 Å². The lowest BCUT2D eigenvalue weighted by Gasteiger charge is -2.46. The number of esters is 1. The Morgan fingerprint density at radius 2 is 0.941 bits per heavy atom. The van der Waals surface area contributed by atoms with Gasteiger partial charge in [0.25, 0.3) is 16.6 Å². The summed E-state index contributed by atoms with van der Waals surface area (Å²) in [7, 11) is -4.38. The SMILES string of the molecule is COC(=O)/C=C1/C(=O)[C@H]2C[C@@H]1[C@@H](CO[Si](c1ccccc1)(c1ccccc1)C(C)(C)C)[C@H]2CO[Si](c1ccccc1)(c1ccccc1)C(C)(C)C. The largest absolute Gasteiger partial charge is 0.466 e. The van der Waals surface area contributed by atoms with Crippen molar-refractivity contribution in [1.29, 1.82) is 0 Å². The van der Waals surface area contributed by atoms with E-state index in [1.807, 2.05) is 0 Å². The molecular formula is C44H52O5Si2. The van der Waals surface area contributed by atoms with Gasteiger partial charge in [0.2, 0.25) is 0 Å². The number of carbonyl (C=O) groups excluding carboxylic acids is 2. The monoisotopic (exact) mass is 716 g/mol. The van der Waals surface area contributed by atoms with Crippen LogP contribution in [-0.2, 0) is 23.2 Å². The summed E-state index contributed by atoms with van der Waals surface area (Å²) in [6, 6.07) is 42.7. The van der Waals surface area contributed by atoms with Crippen molar-refractivity contribution in [3.05, 3.63) is 133 Å². The first-order chi connectivity index (χ1) is 24.3. The maximum atomic E-state index is 14.1. The van der Waals surface area contributed by atoms with E-state index in [1.54, 1.807) is 0 Å². The number of ether oxygens (including phenoxy) is 1. The fourth-order valence-electron chi connectivity index (χ4n) is 9.09. The van der Waals surface area contributed by atoms with Gasteiger partial charge < -0.3 is 13.6 Å². The van der Waals surface area contributed by atoms with Crippen molar-refractivity contribution in [2.45, 2.75) is 58.0 Å². The summed E-state index contributed by atoms with van der Waals surface area (Å²) in [5.41, 5.74) is 0.574. The van der Waals surface area contributed by atoms with Crippen molar-refractivity contribution < 1.29 is 23.2 Å². The van der Waals surface area contributed by atoms with Gasteiger partial charge in [-0.2, -0.15) is 0 Å². The second-order valence-electron chi connectivity index (χ2n) is 16.2. The highest BCUT2D eigenvalue weighted by molar-refractivity contribution is 7.00. The summed E-state index contributed by atoms with van der Waals surface area (Å²) < 4.78 is 20.1. The van der Waals surface area contributed by atoms with Crippen molar-refractivity contribution >= 4 is 49.1 Å². The van der Waals surface area contributed by atoms with Gasteiger partial charge in [0.15, 0.2) is 5.78 Å². The quantitative estimate of drug-likeness (QED) is 0.0984. The van der Waals surface area contributed by atoms with Gasteiger partial charge in [-0.1, -0.05) is 163 Å². The van der Waals surface area contributed by atoms with E-state index in [0.717, 1.165) is 0 Å². The first kappa shape index (κ1) is 36.9. The van der Waals surface area contributed by atoms with Gasteiger partial charge in [0.1, 0.15) is 0 Å². The lowest BCUT2D eigenvalue weighted by atomic mass is 9.77. The van der Waals surface area contributed by atoms with Gasteiger partial charge in [-0.25, -0.2) is 4.79 Å². The van der Waals surface area contributed by atoms with Gasteiger partial charge in [-0.05, 0) is 55.0 Å². The van der Waals surface area contributed by atoms with E-state index in [-0.39, 0.29) is 39.5 Å². The minimum Gasteiger partial charge on any atom is -0.466 e. The molecule has 0 aliphatic heterocycles. The number of benzene rings is 4. The van der Waals surface area contributed by atoms with Gasteiger partial charge in [0.05, 0.1) is 7.11 Å². The molecule has 0 N–H and O–H groups in total. The topological polar surface area (TPSA) is 61.8 Å². The van der Waals surface area contributed by atoms with E-state index in [2.05, 4.69) is 163 Å². The van der Waals surface area contributed by atoms with E-state index in [1.165, 1.54) is 33.9 Å². The van der Waals surface area contributed by atoms with Crippen molar-refractivity contribution in [1.82, 2.24) is 0 Å². The molecular weight excluding hydrogens is 665 g/mol. The number of Topliss-reactive ketones (excluding diaryl/α,β-unsaturated/α-hetero) is 1. The van der Waals surface area contributed by atoms with Crippen LogP contribution in [0.5, 0.6) is 0 Å². The molecule has 5 nitrogen and oxygen atoms in total. The third-order valence-electron chi connectivity index (χ3n) is 11.4. The molecule has 2 saturated carbocycles. The van der Waals surface area contributed by atoms with Gasteiger partial charge >= 0.3 is 5.97 Å². The molecule has 0 unspecified atom stereocenters. The average molecular weight is 717 g/mol. The first-order valence-electron chi connectivity index (χ1n) is 18.2. The number of allylic oxidation sites excluding steroid dienone is 1. The molecule has 266 valence electrons. The molecule has 0 spiro atoms. The van der Waals surface area contributed by atoms with E-state index < -0.39 is 22.6 Å². The third-order valence-corrected chi connectivity index (χ3v) is 21.4. The Morgan fingerprint density at radius 3 is 1.25 bits per heavy atom. The van der Waals surface area contributed by atoms with Crippen LogP contribution in [0.4, 0.5) is 0 Å². The molecule has 0 aromatic heterocycles. The Morgan fingerprint density at radius 1 is 0.608 bits per heavy atom. The lowest BCUT2D eigenvalue weighted by molar-refractivity contribution is -0.135. The summed E-state index contributed by atoms with van der Waals surface area (Å²) in [6.07, 6.45) is 2.12. The van der Waals surface area contributed by atoms with Crippen LogP contribution in [0, 0.1) is 23.7 Å². The smallest absolute Gasteiger partial charge is 0.330 e. The fourth-order valence-corrected chi connectivity index (χ4v) is 18.3. The van der Waals surface area contributed by atoms with Crippen LogP contribution in [0.25, 0.3) is 0 Å². The first-order valence-corrected chi connectivity index (χ1v) is 22.0. The summed E-state index contributed by atoms with van der Waals surface area (Å²) in [6.45, 7) is 14.6. The van der Waals surface area contributed by atoms with Gasteiger partial charge in [-0.3, -0.25) is 4.79 Å². The molecule has 51 heavy (non-hydrogen) atoms. The van der Waals surface area contributed by atoms with Crippen LogP contribution in [-0.4, -0.2) is 48.7 Å². The molecule has 0 saturated heterocycles. The number of fused-ring (bicyclic) bond motifs is 2. The highest BCUT2D eigenvalue weighted by Crippen LogP contribution is 2.54. The summed E-state index contributed by atoms with van der Waals surface area (Å²) in [4.78, 5) is 26.7. The maximum Gasteiger partial charge on any atom is 0.330 e. The molecule has 2 fully saturated rings. The van der Waals surface area contributed by atoms with E-state index >= 15 is 0 Å². The molecule has 4 aromatic carbocycles. The van der Waals surface area contributed by atoms with Crippen molar-refractivity contribution in [2.24, 2.45) is 23.7 Å². The standard InChI is InChI=1S/C44H52O5Si2/c1-43(2,3)50(32-20-12-8-13-21-32,33-22-14-9-15-23-33)48-30-39-36-28-37(42(46)38(36)29-41(45)47-7)40(39)31-49-51(44(4,5)6,34-24-16-10-17-25-34)35-26-18-11-19-27-35/h8-27,29,36-37,39-40H,28,30-31H2,1-7H3/b38-29+/t36-,37-,39+,40-/m0/s1. The fraction of sp³-hybridized carbons (Fsp3) is 0.364.